The van der Waals surface area contributed by atoms with E-state index in [0.717, 1.165) is 23.0 Å². The summed E-state index contributed by atoms with van der Waals surface area (Å²) in [6.45, 7) is 4.03. The summed E-state index contributed by atoms with van der Waals surface area (Å²) in [4.78, 5) is 4.53. The van der Waals surface area contributed by atoms with Gasteiger partial charge in [-0.05, 0) is 26.7 Å². The molecule has 1 aliphatic rings. The molecule has 0 saturated heterocycles. The zero-order valence-electron chi connectivity index (χ0n) is 10.4. The lowest BCUT2D eigenvalue weighted by atomic mass is 10.4. The van der Waals surface area contributed by atoms with Crippen LogP contribution in [0.1, 0.15) is 24.2 Å². The molecular formula is C12H17N5. The largest absolute Gasteiger partial charge is 0.353 e. The molecule has 0 unspecified atom stereocenters. The normalized spacial score (nSPS) is 15.2. The van der Waals surface area contributed by atoms with Gasteiger partial charge in [0.15, 0.2) is 0 Å². The molecule has 90 valence electrons. The van der Waals surface area contributed by atoms with Gasteiger partial charge >= 0.3 is 0 Å². The Kier molecular flexibility index (Phi) is 2.21. The number of aromatic nitrogens is 4. The van der Waals surface area contributed by atoms with Gasteiger partial charge in [0.1, 0.15) is 0 Å². The minimum atomic E-state index is 0.604. The van der Waals surface area contributed by atoms with Crippen molar-refractivity contribution < 1.29 is 0 Å². The third-order valence-electron chi connectivity index (χ3n) is 2.98. The van der Waals surface area contributed by atoms with Crippen molar-refractivity contribution in [2.45, 2.75) is 32.7 Å². The van der Waals surface area contributed by atoms with Crippen LogP contribution in [0.2, 0.25) is 0 Å². The maximum absolute atomic E-state index is 4.53. The maximum Gasteiger partial charge on any atom is 0.208 e. The Hall–Kier alpha value is -1.78. The maximum atomic E-state index is 4.53. The van der Waals surface area contributed by atoms with Crippen LogP contribution < -0.4 is 5.32 Å². The van der Waals surface area contributed by atoms with E-state index in [1.807, 2.05) is 31.8 Å². The smallest absolute Gasteiger partial charge is 0.208 e. The second-order valence-electron chi connectivity index (χ2n) is 4.77. The average molecular weight is 231 g/mol. The van der Waals surface area contributed by atoms with E-state index in [4.69, 9.17) is 0 Å². The van der Waals surface area contributed by atoms with E-state index in [1.54, 1.807) is 0 Å². The standard InChI is InChI=1S/C12H17N5/c1-8-6-17(11-7-16(3)15-9(11)2)12(13-8)14-10-4-5-10/h6-7,10H,4-5H2,1-3H3,(H,13,14). The van der Waals surface area contributed by atoms with Gasteiger partial charge in [0.05, 0.1) is 17.1 Å². The fourth-order valence-corrected chi connectivity index (χ4v) is 2.02. The Morgan fingerprint density at radius 2 is 2.06 bits per heavy atom. The molecule has 2 heterocycles. The quantitative estimate of drug-likeness (QED) is 0.876. The van der Waals surface area contributed by atoms with Crippen LogP contribution >= 0.6 is 0 Å². The molecule has 5 nitrogen and oxygen atoms in total. The van der Waals surface area contributed by atoms with Crippen LogP contribution in [0.15, 0.2) is 12.4 Å². The zero-order chi connectivity index (χ0) is 12.0. The lowest BCUT2D eigenvalue weighted by Crippen LogP contribution is -2.07. The van der Waals surface area contributed by atoms with E-state index >= 15 is 0 Å². The monoisotopic (exact) mass is 231 g/mol. The molecule has 0 spiro atoms. The van der Waals surface area contributed by atoms with Gasteiger partial charge in [-0.3, -0.25) is 9.25 Å². The van der Waals surface area contributed by atoms with Crippen LogP contribution in [-0.4, -0.2) is 25.4 Å². The van der Waals surface area contributed by atoms with Crippen molar-refractivity contribution in [3.63, 3.8) is 0 Å². The van der Waals surface area contributed by atoms with Crippen LogP contribution in [0.4, 0.5) is 5.95 Å². The summed E-state index contributed by atoms with van der Waals surface area (Å²) in [5, 5.41) is 7.83. The number of nitrogens with zero attached hydrogens (tertiary/aromatic N) is 4. The second-order valence-corrected chi connectivity index (χ2v) is 4.77. The molecule has 17 heavy (non-hydrogen) atoms. The van der Waals surface area contributed by atoms with Crippen molar-refractivity contribution in [1.82, 2.24) is 19.3 Å². The van der Waals surface area contributed by atoms with Gasteiger partial charge in [0.25, 0.3) is 0 Å². The molecule has 2 aromatic rings. The van der Waals surface area contributed by atoms with Crippen molar-refractivity contribution in [2.75, 3.05) is 5.32 Å². The van der Waals surface area contributed by atoms with Crippen molar-refractivity contribution in [2.24, 2.45) is 7.05 Å². The molecule has 0 aliphatic heterocycles. The second kappa shape index (κ2) is 3.61. The first-order valence-corrected chi connectivity index (χ1v) is 5.96. The van der Waals surface area contributed by atoms with Gasteiger partial charge < -0.3 is 5.32 Å². The third-order valence-corrected chi connectivity index (χ3v) is 2.98. The number of nitrogens with one attached hydrogen (secondary N) is 1. The Morgan fingerprint density at radius 1 is 1.29 bits per heavy atom. The zero-order valence-corrected chi connectivity index (χ0v) is 10.4. The average Bonchev–Trinajstić information content (AvgIpc) is 2.90. The Labute approximate surface area is 100 Å². The summed E-state index contributed by atoms with van der Waals surface area (Å²) in [5.74, 6) is 0.932. The Balaban J connectivity index is 2.03. The van der Waals surface area contributed by atoms with E-state index in [2.05, 4.69) is 26.2 Å². The molecule has 1 aliphatic carbocycles. The number of hydrogen-bond donors (Lipinski definition) is 1. The third kappa shape index (κ3) is 1.92. The first kappa shape index (κ1) is 10.4. The summed E-state index contributed by atoms with van der Waals surface area (Å²) in [7, 11) is 1.94. The van der Waals surface area contributed by atoms with Crippen LogP contribution in [0.5, 0.6) is 0 Å². The first-order chi connectivity index (χ1) is 8.13. The molecule has 0 atom stereocenters. The van der Waals surface area contributed by atoms with Crippen molar-refractivity contribution in [1.29, 1.82) is 0 Å². The summed E-state index contributed by atoms with van der Waals surface area (Å²) in [6.07, 6.45) is 6.57. The minimum absolute atomic E-state index is 0.604. The van der Waals surface area contributed by atoms with E-state index in [1.165, 1.54) is 12.8 Å². The molecule has 0 aromatic carbocycles. The highest BCUT2D eigenvalue weighted by Crippen LogP contribution is 2.26. The summed E-state index contributed by atoms with van der Waals surface area (Å²) < 4.78 is 3.93. The highest BCUT2D eigenvalue weighted by Gasteiger charge is 2.23. The number of imidazole rings is 1. The fourth-order valence-electron chi connectivity index (χ4n) is 2.02. The highest BCUT2D eigenvalue weighted by molar-refractivity contribution is 5.45. The van der Waals surface area contributed by atoms with Crippen LogP contribution in [-0.2, 0) is 7.05 Å². The predicted molar refractivity (Wildman–Crippen MR) is 66.4 cm³/mol. The molecule has 0 bridgehead atoms. The minimum Gasteiger partial charge on any atom is -0.353 e. The highest BCUT2D eigenvalue weighted by atomic mass is 15.3. The Morgan fingerprint density at radius 3 is 2.65 bits per heavy atom. The van der Waals surface area contributed by atoms with Gasteiger partial charge in [-0.25, -0.2) is 4.98 Å². The summed E-state index contributed by atoms with van der Waals surface area (Å²) in [5.41, 5.74) is 3.14. The van der Waals surface area contributed by atoms with E-state index < -0.39 is 0 Å². The van der Waals surface area contributed by atoms with Gasteiger partial charge in [0, 0.05) is 25.5 Å². The van der Waals surface area contributed by atoms with Gasteiger partial charge in [0.2, 0.25) is 5.95 Å². The van der Waals surface area contributed by atoms with Gasteiger partial charge in [-0.1, -0.05) is 0 Å². The number of anilines is 1. The van der Waals surface area contributed by atoms with Crippen LogP contribution in [0.25, 0.3) is 5.69 Å². The molecule has 2 aromatic heterocycles. The number of aryl methyl sites for hydroxylation is 3. The molecular weight excluding hydrogens is 214 g/mol. The lowest BCUT2D eigenvalue weighted by molar-refractivity contribution is 0.756. The number of hydrogen-bond acceptors (Lipinski definition) is 3. The molecule has 0 amide bonds. The summed E-state index contributed by atoms with van der Waals surface area (Å²) in [6, 6.07) is 0.604. The Bertz CT molecular complexity index is 547. The molecule has 1 fully saturated rings. The topological polar surface area (TPSA) is 47.7 Å². The van der Waals surface area contributed by atoms with Crippen molar-refractivity contribution in [3.05, 3.63) is 23.8 Å². The van der Waals surface area contributed by atoms with Crippen LogP contribution in [0.3, 0.4) is 0 Å². The number of rotatable bonds is 3. The van der Waals surface area contributed by atoms with Gasteiger partial charge in [-0.2, -0.15) is 5.10 Å². The van der Waals surface area contributed by atoms with E-state index in [-0.39, 0.29) is 0 Å². The molecule has 3 rings (SSSR count). The molecule has 5 heteroatoms. The lowest BCUT2D eigenvalue weighted by Gasteiger charge is -2.07. The van der Waals surface area contributed by atoms with Crippen LogP contribution in [0, 0.1) is 13.8 Å². The van der Waals surface area contributed by atoms with Gasteiger partial charge in [-0.15, -0.1) is 0 Å². The first-order valence-electron chi connectivity index (χ1n) is 5.96. The fraction of sp³-hybridized carbons (Fsp3) is 0.500. The molecule has 1 N–H and O–H groups in total. The molecule has 0 radical (unpaired) electrons. The van der Waals surface area contributed by atoms with Crippen molar-refractivity contribution in [3.8, 4) is 5.69 Å². The van der Waals surface area contributed by atoms with E-state index in [0.29, 0.717) is 6.04 Å². The SMILES string of the molecule is Cc1cn(-c2cn(C)nc2C)c(NC2CC2)n1. The predicted octanol–water partition coefficient (Wildman–Crippen LogP) is 1.80. The molecule has 1 saturated carbocycles. The van der Waals surface area contributed by atoms with Crippen molar-refractivity contribution >= 4 is 5.95 Å². The summed E-state index contributed by atoms with van der Waals surface area (Å²) >= 11 is 0. The van der Waals surface area contributed by atoms with E-state index in [9.17, 15) is 0 Å².